The molecule has 1 N–H and O–H groups in total. The van der Waals surface area contributed by atoms with Crippen molar-refractivity contribution in [1.29, 1.82) is 0 Å². The van der Waals surface area contributed by atoms with Crippen LogP contribution in [0.4, 0.5) is 5.69 Å². The molecule has 0 atom stereocenters. The van der Waals surface area contributed by atoms with Crippen LogP contribution in [-0.2, 0) is 11.2 Å². The summed E-state index contributed by atoms with van der Waals surface area (Å²) < 4.78 is 0. The molecule has 2 heteroatoms. The van der Waals surface area contributed by atoms with Crippen molar-refractivity contribution in [3.8, 4) is 0 Å². The van der Waals surface area contributed by atoms with E-state index in [1.165, 1.54) is 18.4 Å². The van der Waals surface area contributed by atoms with E-state index < -0.39 is 0 Å². The lowest BCUT2D eigenvalue weighted by atomic mass is 10.1. The highest BCUT2D eigenvalue weighted by atomic mass is 16.1. The number of benzene rings is 1. The van der Waals surface area contributed by atoms with Gasteiger partial charge in [0.15, 0.2) is 0 Å². The smallest absolute Gasteiger partial charge is 0.224 e. The topological polar surface area (TPSA) is 29.1 Å². The van der Waals surface area contributed by atoms with Gasteiger partial charge in [0.2, 0.25) is 5.91 Å². The second kappa shape index (κ2) is 7.04. The van der Waals surface area contributed by atoms with E-state index in [0.29, 0.717) is 6.42 Å². The summed E-state index contributed by atoms with van der Waals surface area (Å²) in [6, 6.07) is 8.16. The SMILES string of the molecule is CCCCc1ccc(NC(=O)CCC)cc1. The Bertz CT molecular complexity index is 316. The lowest BCUT2D eigenvalue weighted by Crippen LogP contribution is -2.10. The fourth-order valence-corrected chi connectivity index (χ4v) is 1.59. The Morgan fingerprint density at radius 3 is 2.38 bits per heavy atom. The number of carbonyl (C=O) groups is 1. The number of amides is 1. The molecule has 1 amide bonds. The van der Waals surface area contributed by atoms with E-state index in [1.54, 1.807) is 0 Å². The summed E-state index contributed by atoms with van der Waals surface area (Å²) in [5.41, 5.74) is 2.24. The average molecular weight is 219 g/mol. The van der Waals surface area contributed by atoms with Gasteiger partial charge in [-0.25, -0.2) is 0 Å². The maximum Gasteiger partial charge on any atom is 0.224 e. The van der Waals surface area contributed by atoms with E-state index in [2.05, 4.69) is 24.4 Å². The number of hydrogen-bond acceptors (Lipinski definition) is 1. The maximum absolute atomic E-state index is 11.4. The third kappa shape index (κ3) is 4.47. The van der Waals surface area contributed by atoms with Crippen molar-refractivity contribution < 1.29 is 4.79 Å². The quantitative estimate of drug-likeness (QED) is 0.775. The van der Waals surface area contributed by atoms with Gasteiger partial charge < -0.3 is 5.32 Å². The Morgan fingerprint density at radius 2 is 1.81 bits per heavy atom. The lowest BCUT2D eigenvalue weighted by Gasteiger charge is -2.05. The summed E-state index contributed by atoms with van der Waals surface area (Å²) in [5, 5.41) is 2.89. The van der Waals surface area contributed by atoms with Crippen molar-refractivity contribution in [2.75, 3.05) is 5.32 Å². The Kier molecular flexibility index (Phi) is 5.62. The third-order valence-electron chi connectivity index (χ3n) is 2.53. The fraction of sp³-hybridized carbons (Fsp3) is 0.500. The van der Waals surface area contributed by atoms with E-state index in [4.69, 9.17) is 0 Å². The van der Waals surface area contributed by atoms with Crippen LogP contribution in [0.2, 0.25) is 0 Å². The van der Waals surface area contributed by atoms with Gasteiger partial charge in [0, 0.05) is 12.1 Å². The van der Waals surface area contributed by atoms with E-state index in [-0.39, 0.29) is 5.91 Å². The van der Waals surface area contributed by atoms with E-state index in [0.717, 1.165) is 18.5 Å². The van der Waals surface area contributed by atoms with Crippen LogP contribution in [-0.4, -0.2) is 5.91 Å². The van der Waals surface area contributed by atoms with Crippen LogP contribution in [0.5, 0.6) is 0 Å². The minimum Gasteiger partial charge on any atom is -0.326 e. The molecule has 0 aliphatic heterocycles. The fourth-order valence-electron chi connectivity index (χ4n) is 1.59. The van der Waals surface area contributed by atoms with Gasteiger partial charge in [0.1, 0.15) is 0 Å². The van der Waals surface area contributed by atoms with E-state index in [9.17, 15) is 4.79 Å². The minimum atomic E-state index is 0.101. The molecule has 1 aromatic carbocycles. The summed E-state index contributed by atoms with van der Waals surface area (Å²) in [7, 11) is 0. The molecule has 1 aromatic rings. The number of rotatable bonds is 6. The highest BCUT2D eigenvalue weighted by Gasteiger charge is 2.00. The van der Waals surface area contributed by atoms with Crippen LogP contribution in [0.3, 0.4) is 0 Å². The molecule has 0 unspecified atom stereocenters. The largest absolute Gasteiger partial charge is 0.326 e. The molecular weight excluding hydrogens is 198 g/mol. The first-order chi connectivity index (χ1) is 7.76. The van der Waals surface area contributed by atoms with Gasteiger partial charge in [-0.2, -0.15) is 0 Å². The monoisotopic (exact) mass is 219 g/mol. The molecule has 0 radical (unpaired) electrons. The number of hydrogen-bond donors (Lipinski definition) is 1. The Balaban J connectivity index is 2.47. The maximum atomic E-state index is 11.4. The molecule has 0 spiro atoms. The first-order valence-corrected chi connectivity index (χ1v) is 6.15. The number of nitrogens with one attached hydrogen (secondary N) is 1. The molecule has 0 heterocycles. The second-order valence-electron chi connectivity index (χ2n) is 4.10. The van der Waals surface area contributed by atoms with Crippen LogP contribution >= 0.6 is 0 Å². The average Bonchev–Trinajstić information content (AvgIpc) is 2.28. The van der Waals surface area contributed by atoms with Crippen molar-refractivity contribution in [3.63, 3.8) is 0 Å². The van der Waals surface area contributed by atoms with Crippen molar-refractivity contribution in [2.24, 2.45) is 0 Å². The van der Waals surface area contributed by atoms with Gasteiger partial charge in [-0.3, -0.25) is 4.79 Å². The zero-order valence-corrected chi connectivity index (χ0v) is 10.3. The van der Waals surface area contributed by atoms with Gasteiger partial charge >= 0.3 is 0 Å². The van der Waals surface area contributed by atoms with Crippen molar-refractivity contribution in [3.05, 3.63) is 29.8 Å². The summed E-state index contributed by atoms with van der Waals surface area (Å²) >= 11 is 0. The summed E-state index contributed by atoms with van der Waals surface area (Å²) in [6.07, 6.45) is 5.05. The Morgan fingerprint density at radius 1 is 1.12 bits per heavy atom. The molecule has 0 aliphatic carbocycles. The highest BCUT2D eigenvalue weighted by molar-refractivity contribution is 5.90. The van der Waals surface area contributed by atoms with Crippen molar-refractivity contribution in [1.82, 2.24) is 0 Å². The normalized spacial score (nSPS) is 10.1. The molecular formula is C14H21NO. The van der Waals surface area contributed by atoms with Gasteiger partial charge in [0.05, 0.1) is 0 Å². The minimum absolute atomic E-state index is 0.101. The predicted molar refractivity (Wildman–Crippen MR) is 68.6 cm³/mol. The number of unbranched alkanes of at least 4 members (excludes halogenated alkanes) is 1. The van der Waals surface area contributed by atoms with Crippen LogP contribution in [0.1, 0.15) is 45.1 Å². The van der Waals surface area contributed by atoms with Gasteiger partial charge in [-0.05, 0) is 37.0 Å². The van der Waals surface area contributed by atoms with Crippen LogP contribution in [0, 0.1) is 0 Å². The van der Waals surface area contributed by atoms with Gasteiger partial charge in [0.25, 0.3) is 0 Å². The van der Waals surface area contributed by atoms with Crippen molar-refractivity contribution in [2.45, 2.75) is 46.0 Å². The molecule has 88 valence electrons. The third-order valence-corrected chi connectivity index (χ3v) is 2.53. The van der Waals surface area contributed by atoms with Crippen LogP contribution in [0.25, 0.3) is 0 Å². The van der Waals surface area contributed by atoms with Gasteiger partial charge in [-0.15, -0.1) is 0 Å². The van der Waals surface area contributed by atoms with Gasteiger partial charge in [-0.1, -0.05) is 32.4 Å². The van der Waals surface area contributed by atoms with Crippen LogP contribution < -0.4 is 5.32 Å². The van der Waals surface area contributed by atoms with Crippen molar-refractivity contribution >= 4 is 11.6 Å². The number of anilines is 1. The highest BCUT2D eigenvalue weighted by Crippen LogP contribution is 2.12. The standard InChI is InChI=1S/C14H21NO/c1-3-5-7-12-8-10-13(11-9-12)15-14(16)6-4-2/h8-11H,3-7H2,1-2H3,(H,15,16). The summed E-state index contributed by atoms with van der Waals surface area (Å²) in [6.45, 7) is 4.20. The van der Waals surface area contributed by atoms with Crippen LogP contribution in [0.15, 0.2) is 24.3 Å². The summed E-state index contributed by atoms with van der Waals surface area (Å²) in [5.74, 6) is 0.101. The lowest BCUT2D eigenvalue weighted by molar-refractivity contribution is -0.116. The Hall–Kier alpha value is -1.31. The Labute approximate surface area is 98.1 Å². The molecule has 0 bridgehead atoms. The molecule has 16 heavy (non-hydrogen) atoms. The molecule has 0 aliphatic rings. The number of carbonyl (C=O) groups excluding carboxylic acids is 1. The molecule has 0 saturated heterocycles. The molecule has 2 nitrogen and oxygen atoms in total. The number of aryl methyl sites for hydroxylation is 1. The first kappa shape index (κ1) is 12.8. The zero-order chi connectivity index (χ0) is 11.8. The molecule has 1 rings (SSSR count). The first-order valence-electron chi connectivity index (χ1n) is 6.15. The molecule has 0 saturated carbocycles. The second-order valence-corrected chi connectivity index (χ2v) is 4.10. The zero-order valence-electron chi connectivity index (χ0n) is 10.3. The molecule has 0 fully saturated rings. The molecule has 0 aromatic heterocycles. The van der Waals surface area contributed by atoms with E-state index in [1.807, 2.05) is 19.1 Å². The summed E-state index contributed by atoms with van der Waals surface area (Å²) in [4.78, 5) is 11.4. The predicted octanol–water partition coefficient (Wildman–Crippen LogP) is 3.77. The van der Waals surface area contributed by atoms with E-state index >= 15 is 0 Å².